The smallest absolute Gasteiger partial charge is 0.308 e. The van der Waals surface area contributed by atoms with Crippen molar-refractivity contribution in [2.75, 3.05) is 185 Å². The zero-order valence-electron chi connectivity index (χ0n) is 62.6. The number of carbonyl (C=O) groups is 9. The number of nitrogens with zero attached hydrogens (tertiary/aromatic N) is 3. The zero-order chi connectivity index (χ0) is 75.5. The number of esters is 2. The minimum atomic E-state index is -0.874. The van der Waals surface area contributed by atoms with Gasteiger partial charge in [-0.3, -0.25) is 48.1 Å². The molecule has 1 saturated heterocycles. The minimum absolute atomic E-state index is 0.0349. The van der Waals surface area contributed by atoms with E-state index in [2.05, 4.69) is 20.9 Å². The van der Waals surface area contributed by atoms with Crippen LogP contribution >= 0.6 is 11.3 Å². The summed E-state index contributed by atoms with van der Waals surface area (Å²) in [7, 11) is 0. The van der Waals surface area contributed by atoms with E-state index in [9.17, 15) is 43.2 Å². The van der Waals surface area contributed by atoms with E-state index < -0.39 is 59.8 Å². The average molecular weight is 1490 g/mol. The van der Waals surface area contributed by atoms with Gasteiger partial charge in [0.05, 0.1) is 184 Å². The fraction of sp³-hybridized carbons (Fsp3) is 0.730. The highest BCUT2D eigenvalue weighted by atomic mass is 32.1. The third kappa shape index (κ3) is 37.8. The van der Waals surface area contributed by atoms with Crippen LogP contribution in [0, 0.1) is 29.6 Å². The maximum absolute atomic E-state index is 14.8. The lowest BCUT2D eigenvalue weighted by atomic mass is 9.75. The largest absolute Gasteiger partial charge is 0.466 e. The highest BCUT2D eigenvalue weighted by Crippen LogP contribution is 2.37. The molecule has 0 aliphatic carbocycles. The fourth-order valence-corrected chi connectivity index (χ4v) is 12.3. The molecule has 0 spiro atoms. The molecule has 2 aliphatic rings. The van der Waals surface area contributed by atoms with E-state index in [0.29, 0.717) is 189 Å². The third-order valence-corrected chi connectivity index (χ3v) is 18.2. The van der Waals surface area contributed by atoms with Crippen molar-refractivity contribution in [1.82, 2.24) is 30.7 Å². The van der Waals surface area contributed by atoms with Gasteiger partial charge in [-0.1, -0.05) is 78.3 Å². The van der Waals surface area contributed by atoms with Gasteiger partial charge in [-0.25, -0.2) is 4.98 Å². The second kappa shape index (κ2) is 55.2. The molecule has 29 nitrogen and oxygen atoms in total. The molecule has 1 unspecified atom stereocenters. The predicted octanol–water partition coefficient (Wildman–Crippen LogP) is 5.48. The van der Waals surface area contributed by atoms with Crippen molar-refractivity contribution in [3.8, 4) is 0 Å². The summed E-state index contributed by atoms with van der Waals surface area (Å²) in [4.78, 5) is 124. The molecule has 4 rings (SSSR count). The van der Waals surface area contributed by atoms with Crippen LogP contribution in [0.2, 0.25) is 0 Å². The molecule has 104 heavy (non-hydrogen) atoms. The van der Waals surface area contributed by atoms with Crippen molar-refractivity contribution < 1.29 is 109 Å². The molecule has 0 saturated carbocycles. The first-order chi connectivity index (χ1) is 50.3. The Morgan fingerprint density at radius 1 is 0.606 bits per heavy atom. The van der Waals surface area contributed by atoms with Gasteiger partial charge in [0.1, 0.15) is 16.7 Å². The first-order valence-electron chi connectivity index (χ1n) is 36.9. The SMILES string of the molecule is CCOC(=O)[C@@H](C)C[C@H](Cc1ccccc1)NC(=O)c1csc([C@@H](C[C@H](C(C)C)C(C)C(=O)[C@@H](NC(=O)[C@H]2CCCCN2C(=O)CCOCCOCCOCCOCCOCCOCCOCCOCCOCCOCCOCCOCCNC(=O)CCN2C(=O)C=CC2=O)[C@@H](C)CC)OC(C)=O)n1. The molecule has 0 bridgehead atoms. The lowest BCUT2D eigenvalue weighted by Crippen LogP contribution is -2.57. The van der Waals surface area contributed by atoms with E-state index in [1.165, 1.54) is 30.4 Å². The van der Waals surface area contributed by atoms with Crippen LogP contribution in [0.25, 0.3) is 0 Å². The fourth-order valence-electron chi connectivity index (χ4n) is 11.4. The number of Topliss-reactive ketones (excluding diaryl/α,β-unsaturated/α-hetero) is 1. The Bertz CT molecular complexity index is 2780. The first kappa shape index (κ1) is 90.1. The van der Waals surface area contributed by atoms with Crippen molar-refractivity contribution in [3.63, 3.8) is 0 Å². The monoisotopic (exact) mass is 1490 g/mol. The number of thiazole rings is 1. The third-order valence-electron chi connectivity index (χ3n) is 17.3. The lowest BCUT2D eigenvalue weighted by molar-refractivity contribution is -0.149. The number of hydrogen-bond donors (Lipinski definition) is 3. The summed E-state index contributed by atoms with van der Waals surface area (Å²) >= 11 is 1.18. The average Bonchev–Trinajstić information content (AvgIpc) is 1.20. The molecule has 1 fully saturated rings. The quantitative estimate of drug-likeness (QED) is 0.0419. The summed E-state index contributed by atoms with van der Waals surface area (Å²) in [5.74, 6) is -4.89. The van der Waals surface area contributed by atoms with E-state index in [4.69, 9.17) is 66.3 Å². The molecule has 588 valence electrons. The Hall–Kier alpha value is -6.26. The molecule has 1 aromatic carbocycles. The molecular weight excluding hydrogens is 1370 g/mol. The minimum Gasteiger partial charge on any atom is -0.466 e. The number of benzene rings is 1. The molecule has 6 amide bonds. The zero-order valence-corrected chi connectivity index (χ0v) is 63.4. The number of rotatable bonds is 62. The van der Waals surface area contributed by atoms with Gasteiger partial charge in [0.15, 0.2) is 11.9 Å². The molecule has 0 radical (unpaired) electrons. The summed E-state index contributed by atoms with van der Waals surface area (Å²) in [5.41, 5.74) is 1.12. The molecule has 1 aromatic heterocycles. The Balaban J connectivity index is 0.975. The number of ketones is 1. The molecule has 3 heterocycles. The van der Waals surface area contributed by atoms with Crippen molar-refractivity contribution in [2.24, 2.45) is 29.6 Å². The lowest BCUT2D eigenvalue weighted by Gasteiger charge is -2.37. The van der Waals surface area contributed by atoms with Crippen molar-refractivity contribution >= 4 is 64.5 Å². The van der Waals surface area contributed by atoms with E-state index in [1.807, 2.05) is 65.0 Å². The number of ether oxygens (including phenoxy) is 14. The summed E-state index contributed by atoms with van der Waals surface area (Å²) in [6.45, 7) is 24.9. The van der Waals surface area contributed by atoms with Crippen LogP contribution in [0.5, 0.6) is 0 Å². The van der Waals surface area contributed by atoms with Crippen LogP contribution in [-0.4, -0.2) is 271 Å². The standard InChI is InChI=1S/C74H118N6O23S/c1-9-55(5)69(70(86)57(7)61(54(3)4)52-64(103-58(8)81)73-77-62(53-104-73)71(87)76-60(50-56(6)74(89)102-10-2)51-59-16-12-11-13-17-59)78-72(88)63-18-14-15-24-79(63)68(85)22-26-90-28-30-92-32-34-94-36-38-96-40-42-98-44-46-100-48-49-101-47-45-99-43-41-97-39-37-95-35-33-93-31-29-91-27-23-75-65(82)21-25-80-66(83)19-20-67(80)84/h11-13,16-17,19-20,53-57,60-61,63-64,69H,9-10,14-15,18,21-52H2,1-8H3,(H,75,82)(H,76,87)(H,78,88)/t55-,56-,57?,60+,61+,63+,64+,69-/m0/s1. The maximum atomic E-state index is 14.8. The predicted molar refractivity (Wildman–Crippen MR) is 384 cm³/mol. The number of hydrogen-bond acceptors (Lipinski definition) is 25. The number of piperidine rings is 1. The number of imide groups is 1. The summed E-state index contributed by atoms with van der Waals surface area (Å²) in [6.07, 6.45) is 5.21. The van der Waals surface area contributed by atoms with Crippen LogP contribution < -0.4 is 16.0 Å². The Morgan fingerprint density at radius 2 is 1.10 bits per heavy atom. The highest BCUT2D eigenvalue weighted by Gasteiger charge is 2.40. The van der Waals surface area contributed by atoms with E-state index in [1.54, 1.807) is 24.1 Å². The summed E-state index contributed by atoms with van der Waals surface area (Å²) in [5, 5.41) is 10.9. The van der Waals surface area contributed by atoms with Gasteiger partial charge < -0.3 is 87.2 Å². The Kier molecular flexibility index (Phi) is 47.8. The molecule has 2 aliphatic heterocycles. The summed E-state index contributed by atoms with van der Waals surface area (Å²) < 4.78 is 77.7. The van der Waals surface area contributed by atoms with Crippen LogP contribution in [-0.2, 0) is 111 Å². The Morgan fingerprint density at radius 3 is 1.57 bits per heavy atom. The molecule has 8 atom stereocenters. The molecular formula is C74H118N6O23S. The number of carbonyl (C=O) groups excluding carboxylic acids is 9. The number of amides is 6. The van der Waals surface area contributed by atoms with Crippen molar-refractivity contribution in [1.29, 1.82) is 0 Å². The Labute approximate surface area is 618 Å². The van der Waals surface area contributed by atoms with Crippen molar-refractivity contribution in [2.45, 2.75) is 137 Å². The van der Waals surface area contributed by atoms with Gasteiger partial charge >= 0.3 is 11.9 Å². The highest BCUT2D eigenvalue weighted by molar-refractivity contribution is 7.09. The van der Waals surface area contributed by atoms with E-state index in [0.717, 1.165) is 23.3 Å². The van der Waals surface area contributed by atoms with Crippen LogP contribution in [0.4, 0.5) is 0 Å². The van der Waals surface area contributed by atoms with E-state index >= 15 is 0 Å². The van der Waals surface area contributed by atoms with Crippen LogP contribution in [0.1, 0.15) is 134 Å². The number of nitrogens with one attached hydrogen (secondary N) is 3. The molecule has 2 aromatic rings. The summed E-state index contributed by atoms with van der Waals surface area (Å²) in [6, 6.07) is 7.64. The number of likely N-dealkylation sites (tertiary alicyclic amines) is 1. The number of aromatic nitrogens is 1. The van der Waals surface area contributed by atoms with Gasteiger partial charge in [-0.2, -0.15) is 0 Å². The normalized spacial score (nSPS) is 15.9. The van der Waals surface area contributed by atoms with Gasteiger partial charge in [0, 0.05) is 62.5 Å². The van der Waals surface area contributed by atoms with Gasteiger partial charge in [-0.15, -0.1) is 11.3 Å². The van der Waals surface area contributed by atoms with Crippen molar-refractivity contribution in [3.05, 3.63) is 64.1 Å². The van der Waals surface area contributed by atoms with E-state index in [-0.39, 0.29) is 98.5 Å². The van der Waals surface area contributed by atoms with Crippen LogP contribution in [0.3, 0.4) is 0 Å². The van der Waals surface area contributed by atoms with Gasteiger partial charge in [0.25, 0.3) is 17.7 Å². The second-order valence-corrected chi connectivity index (χ2v) is 26.5. The topological polar surface area (TPSA) is 338 Å². The molecule has 30 heteroatoms. The maximum Gasteiger partial charge on any atom is 0.308 e. The second-order valence-electron chi connectivity index (χ2n) is 25.6. The van der Waals surface area contributed by atoms with Crippen LogP contribution in [0.15, 0.2) is 47.9 Å². The first-order valence-corrected chi connectivity index (χ1v) is 37.7. The van der Waals surface area contributed by atoms with Gasteiger partial charge in [0.2, 0.25) is 17.7 Å². The molecule has 3 N–H and O–H groups in total. The van der Waals surface area contributed by atoms with Gasteiger partial charge in [-0.05, 0) is 68.8 Å².